The predicted molar refractivity (Wildman–Crippen MR) is 63.8 cm³/mol. The lowest BCUT2D eigenvalue weighted by atomic mass is 10.0. The van der Waals surface area contributed by atoms with E-state index >= 15 is 0 Å². The maximum absolute atomic E-state index is 5.63. The van der Waals surface area contributed by atoms with Crippen molar-refractivity contribution in [1.82, 2.24) is 25.4 Å². The Labute approximate surface area is 99.8 Å². The summed E-state index contributed by atoms with van der Waals surface area (Å²) in [6.45, 7) is 2.09. The molecule has 2 aromatic rings. The number of aryl methyl sites for hydroxylation is 2. The molecule has 3 N–H and O–H groups in total. The third-order valence-electron chi connectivity index (χ3n) is 2.79. The highest BCUT2D eigenvalue weighted by molar-refractivity contribution is 5.28. The molecule has 17 heavy (non-hydrogen) atoms. The van der Waals surface area contributed by atoms with E-state index in [-0.39, 0.29) is 6.04 Å². The average molecular weight is 232 g/mol. The van der Waals surface area contributed by atoms with E-state index in [1.807, 2.05) is 13.1 Å². The van der Waals surface area contributed by atoms with Gasteiger partial charge in [-0.1, -0.05) is 18.2 Å². The molecule has 0 saturated heterocycles. The SMILES string of the molecule is CCc1cccnc1C(NN)c1cnnn1C. The van der Waals surface area contributed by atoms with Crippen molar-refractivity contribution in [2.24, 2.45) is 12.9 Å². The summed E-state index contributed by atoms with van der Waals surface area (Å²) >= 11 is 0. The summed E-state index contributed by atoms with van der Waals surface area (Å²) < 4.78 is 1.69. The van der Waals surface area contributed by atoms with Crippen LogP contribution in [-0.2, 0) is 13.5 Å². The molecule has 0 saturated carbocycles. The largest absolute Gasteiger partial charge is 0.270 e. The predicted octanol–water partition coefficient (Wildman–Crippen LogP) is 0.325. The third-order valence-corrected chi connectivity index (χ3v) is 2.79. The first-order valence-electron chi connectivity index (χ1n) is 5.52. The summed E-state index contributed by atoms with van der Waals surface area (Å²) in [7, 11) is 1.83. The summed E-state index contributed by atoms with van der Waals surface area (Å²) in [6.07, 6.45) is 4.37. The molecule has 0 radical (unpaired) electrons. The molecule has 0 aliphatic rings. The van der Waals surface area contributed by atoms with Gasteiger partial charge in [0.1, 0.15) is 6.04 Å². The molecule has 6 heteroatoms. The molecular weight excluding hydrogens is 216 g/mol. The van der Waals surface area contributed by atoms with Crippen molar-refractivity contribution < 1.29 is 0 Å². The summed E-state index contributed by atoms with van der Waals surface area (Å²) in [6, 6.07) is 3.79. The van der Waals surface area contributed by atoms with E-state index in [1.165, 1.54) is 0 Å². The quantitative estimate of drug-likeness (QED) is 0.586. The standard InChI is InChI=1S/C11H16N6/c1-3-8-5-4-6-13-10(8)11(15-12)9-7-14-16-17(9)2/h4-7,11,15H,3,12H2,1-2H3. The lowest BCUT2D eigenvalue weighted by Crippen LogP contribution is -2.31. The second-order valence-electron chi connectivity index (χ2n) is 3.78. The van der Waals surface area contributed by atoms with Crippen molar-refractivity contribution in [1.29, 1.82) is 0 Å². The summed E-state index contributed by atoms with van der Waals surface area (Å²) in [5, 5.41) is 7.77. The van der Waals surface area contributed by atoms with Gasteiger partial charge in [-0.05, 0) is 18.1 Å². The van der Waals surface area contributed by atoms with Crippen molar-refractivity contribution in [3.8, 4) is 0 Å². The van der Waals surface area contributed by atoms with Gasteiger partial charge in [-0.3, -0.25) is 15.5 Å². The minimum absolute atomic E-state index is 0.189. The van der Waals surface area contributed by atoms with E-state index in [9.17, 15) is 0 Å². The van der Waals surface area contributed by atoms with E-state index in [0.29, 0.717) is 0 Å². The van der Waals surface area contributed by atoms with Crippen molar-refractivity contribution in [3.63, 3.8) is 0 Å². The third kappa shape index (κ3) is 2.17. The molecule has 0 fully saturated rings. The fourth-order valence-corrected chi connectivity index (χ4v) is 1.87. The molecule has 6 nitrogen and oxygen atoms in total. The van der Waals surface area contributed by atoms with Crippen LogP contribution in [0.2, 0.25) is 0 Å². The fourth-order valence-electron chi connectivity index (χ4n) is 1.87. The van der Waals surface area contributed by atoms with Gasteiger partial charge < -0.3 is 0 Å². The maximum Gasteiger partial charge on any atom is 0.107 e. The van der Waals surface area contributed by atoms with Gasteiger partial charge in [-0.25, -0.2) is 5.43 Å². The molecule has 90 valence electrons. The van der Waals surface area contributed by atoms with Crippen LogP contribution < -0.4 is 11.3 Å². The maximum atomic E-state index is 5.63. The van der Waals surface area contributed by atoms with Crippen molar-refractivity contribution in [2.45, 2.75) is 19.4 Å². The minimum Gasteiger partial charge on any atom is -0.270 e. The number of hydrogen-bond acceptors (Lipinski definition) is 5. The monoisotopic (exact) mass is 232 g/mol. The Balaban J connectivity index is 2.46. The van der Waals surface area contributed by atoms with Crippen LogP contribution in [0.25, 0.3) is 0 Å². The molecule has 0 amide bonds. The first-order valence-corrected chi connectivity index (χ1v) is 5.52. The zero-order chi connectivity index (χ0) is 12.3. The van der Waals surface area contributed by atoms with Crippen molar-refractivity contribution in [2.75, 3.05) is 0 Å². The molecule has 2 aromatic heterocycles. The zero-order valence-electron chi connectivity index (χ0n) is 9.96. The van der Waals surface area contributed by atoms with Crippen LogP contribution >= 0.6 is 0 Å². The molecular formula is C11H16N6. The van der Waals surface area contributed by atoms with E-state index < -0.39 is 0 Å². The van der Waals surface area contributed by atoms with Gasteiger partial charge in [0, 0.05) is 13.2 Å². The molecule has 0 aliphatic carbocycles. The second-order valence-corrected chi connectivity index (χ2v) is 3.78. The first-order chi connectivity index (χ1) is 8.27. The molecule has 0 aromatic carbocycles. The van der Waals surface area contributed by atoms with Crippen LogP contribution in [0, 0.1) is 0 Å². The smallest absolute Gasteiger partial charge is 0.107 e. The lowest BCUT2D eigenvalue weighted by Gasteiger charge is -2.17. The van der Waals surface area contributed by atoms with E-state index in [4.69, 9.17) is 5.84 Å². The van der Waals surface area contributed by atoms with E-state index in [1.54, 1.807) is 17.1 Å². The van der Waals surface area contributed by atoms with Crippen LogP contribution in [-0.4, -0.2) is 20.0 Å². The zero-order valence-corrected chi connectivity index (χ0v) is 9.96. The Kier molecular flexibility index (Phi) is 3.46. The normalized spacial score (nSPS) is 12.6. The van der Waals surface area contributed by atoms with Crippen molar-refractivity contribution >= 4 is 0 Å². The number of nitrogens with zero attached hydrogens (tertiary/aromatic N) is 4. The molecule has 1 atom stereocenters. The van der Waals surface area contributed by atoms with Gasteiger partial charge in [0.25, 0.3) is 0 Å². The Bertz CT molecular complexity index is 492. The number of aromatic nitrogens is 4. The molecule has 0 bridgehead atoms. The average Bonchev–Trinajstić information content (AvgIpc) is 2.78. The molecule has 0 aliphatic heterocycles. The Morgan fingerprint density at radius 1 is 1.53 bits per heavy atom. The number of hydrogen-bond donors (Lipinski definition) is 2. The van der Waals surface area contributed by atoms with E-state index in [0.717, 1.165) is 23.4 Å². The first kappa shape index (κ1) is 11.7. The Hall–Kier alpha value is -1.79. The lowest BCUT2D eigenvalue weighted by molar-refractivity contribution is 0.556. The molecule has 1 unspecified atom stereocenters. The topological polar surface area (TPSA) is 81.7 Å². The second kappa shape index (κ2) is 5.03. The number of nitrogens with one attached hydrogen (secondary N) is 1. The fraction of sp³-hybridized carbons (Fsp3) is 0.364. The molecule has 0 spiro atoms. The summed E-state index contributed by atoms with van der Waals surface area (Å²) in [4.78, 5) is 4.41. The number of rotatable bonds is 4. The van der Waals surface area contributed by atoms with Crippen LogP contribution in [0.3, 0.4) is 0 Å². The van der Waals surface area contributed by atoms with Crippen LogP contribution in [0.1, 0.15) is 29.9 Å². The Morgan fingerprint density at radius 2 is 2.35 bits per heavy atom. The highest BCUT2D eigenvalue weighted by Crippen LogP contribution is 2.21. The van der Waals surface area contributed by atoms with Crippen LogP contribution in [0.5, 0.6) is 0 Å². The molecule has 2 rings (SSSR count). The number of pyridine rings is 1. The van der Waals surface area contributed by atoms with Gasteiger partial charge in [-0.15, -0.1) is 5.10 Å². The summed E-state index contributed by atoms with van der Waals surface area (Å²) in [5.41, 5.74) is 5.75. The van der Waals surface area contributed by atoms with Gasteiger partial charge in [0.2, 0.25) is 0 Å². The highest BCUT2D eigenvalue weighted by atomic mass is 15.4. The Morgan fingerprint density at radius 3 is 2.94 bits per heavy atom. The van der Waals surface area contributed by atoms with Crippen molar-refractivity contribution in [3.05, 3.63) is 41.5 Å². The van der Waals surface area contributed by atoms with Crippen LogP contribution in [0.15, 0.2) is 24.5 Å². The highest BCUT2D eigenvalue weighted by Gasteiger charge is 2.20. The van der Waals surface area contributed by atoms with E-state index in [2.05, 4.69) is 33.7 Å². The van der Waals surface area contributed by atoms with Gasteiger partial charge in [0.05, 0.1) is 17.6 Å². The van der Waals surface area contributed by atoms with Gasteiger partial charge in [0.15, 0.2) is 0 Å². The van der Waals surface area contributed by atoms with Crippen LogP contribution in [0.4, 0.5) is 0 Å². The minimum atomic E-state index is -0.189. The molecule has 2 heterocycles. The van der Waals surface area contributed by atoms with Gasteiger partial charge >= 0.3 is 0 Å². The summed E-state index contributed by atoms with van der Waals surface area (Å²) in [5.74, 6) is 5.63. The van der Waals surface area contributed by atoms with Gasteiger partial charge in [-0.2, -0.15) is 0 Å². The number of hydrazine groups is 1. The number of nitrogens with two attached hydrogens (primary N) is 1.